The van der Waals surface area contributed by atoms with Gasteiger partial charge >= 0.3 is 0 Å². The van der Waals surface area contributed by atoms with Crippen molar-refractivity contribution in [3.05, 3.63) is 29.3 Å². The maximum atomic E-state index is 9.20. The molecule has 0 amide bonds. The van der Waals surface area contributed by atoms with Crippen molar-refractivity contribution in [2.24, 2.45) is 11.1 Å². The molecule has 0 radical (unpaired) electrons. The number of nitriles is 1. The Hall–Kier alpha value is -0.830. The highest BCUT2D eigenvalue weighted by Gasteiger charge is 2.22. The standard InChI is InChI=1S/C14H15ClN2OS2/c1-10-2-5-12(6-14(10)19-9-20-15)13(7-16)17-18-8-11-3-4-11/h2,5-6,11H,3-4,8-9H2,1H3/b17-13+. The SMILES string of the molecule is Cc1ccc(/C(C#N)=N/OCC2CC2)cc1SCSCl. The van der Waals surface area contributed by atoms with Crippen LogP contribution < -0.4 is 0 Å². The Balaban J connectivity index is 2.09. The van der Waals surface area contributed by atoms with Gasteiger partial charge in [-0.3, -0.25) is 0 Å². The zero-order valence-corrected chi connectivity index (χ0v) is 13.5. The first-order valence-corrected chi connectivity index (χ1v) is 9.11. The van der Waals surface area contributed by atoms with Crippen LogP contribution in [0.3, 0.4) is 0 Å². The quantitative estimate of drug-likeness (QED) is 0.318. The van der Waals surface area contributed by atoms with Crippen LogP contribution in [0.5, 0.6) is 0 Å². The molecule has 0 aromatic heterocycles. The van der Waals surface area contributed by atoms with Crippen LogP contribution in [0.1, 0.15) is 24.0 Å². The minimum Gasteiger partial charge on any atom is -0.394 e. The smallest absolute Gasteiger partial charge is 0.186 e. The zero-order valence-electron chi connectivity index (χ0n) is 11.1. The molecule has 0 atom stereocenters. The highest BCUT2D eigenvalue weighted by Crippen LogP contribution is 2.29. The molecule has 0 spiro atoms. The van der Waals surface area contributed by atoms with E-state index in [1.54, 1.807) is 11.8 Å². The number of oxime groups is 1. The van der Waals surface area contributed by atoms with Gasteiger partial charge in [-0.05, 0) is 59.0 Å². The topological polar surface area (TPSA) is 45.4 Å². The fourth-order valence-electron chi connectivity index (χ4n) is 1.62. The molecule has 1 fully saturated rings. The van der Waals surface area contributed by atoms with Gasteiger partial charge in [-0.25, -0.2) is 0 Å². The first kappa shape index (κ1) is 15.6. The normalized spacial score (nSPS) is 14.9. The summed E-state index contributed by atoms with van der Waals surface area (Å²) in [5.41, 5.74) is 2.28. The third kappa shape index (κ3) is 4.62. The van der Waals surface area contributed by atoms with E-state index in [-0.39, 0.29) is 0 Å². The maximum absolute atomic E-state index is 9.20. The summed E-state index contributed by atoms with van der Waals surface area (Å²) in [4.78, 5) is 6.36. The number of hydrogen-bond acceptors (Lipinski definition) is 5. The second kappa shape index (κ2) is 7.82. The Kier molecular flexibility index (Phi) is 6.08. The van der Waals surface area contributed by atoms with Crippen LogP contribution in [-0.2, 0) is 4.84 Å². The van der Waals surface area contributed by atoms with E-state index in [0.717, 1.165) is 15.5 Å². The predicted octanol–water partition coefficient (Wildman–Crippen LogP) is 4.59. The van der Waals surface area contributed by atoms with Gasteiger partial charge in [0.05, 0.1) is 5.08 Å². The average Bonchev–Trinajstić information content (AvgIpc) is 3.27. The van der Waals surface area contributed by atoms with Gasteiger partial charge in [0, 0.05) is 10.5 Å². The van der Waals surface area contributed by atoms with E-state index in [1.165, 1.54) is 29.4 Å². The number of hydrogen-bond donors (Lipinski definition) is 0. The molecule has 1 aromatic rings. The lowest BCUT2D eigenvalue weighted by Gasteiger charge is -2.06. The van der Waals surface area contributed by atoms with Gasteiger partial charge in [0.15, 0.2) is 5.71 Å². The lowest BCUT2D eigenvalue weighted by Crippen LogP contribution is -2.01. The molecule has 20 heavy (non-hydrogen) atoms. The van der Waals surface area contributed by atoms with E-state index in [0.29, 0.717) is 18.2 Å². The Labute approximate surface area is 132 Å². The Morgan fingerprint density at radius 2 is 2.35 bits per heavy atom. The van der Waals surface area contributed by atoms with E-state index in [9.17, 15) is 5.26 Å². The molecule has 0 bridgehead atoms. The van der Waals surface area contributed by atoms with E-state index in [2.05, 4.69) is 11.2 Å². The molecule has 6 heteroatoms. The molecular weight excluding hydrogens is 312 g/mol. The molecule has 106 valence electrons. The van der Waals surface area contributed by atoms with Gasteiger partial charge in [-0.1, -0.05) is 17.3 Å². The van der Waals surface area contributed by atoms with Crippen molar-refractivity contribution < 1.29 is 4.84 Å². The van der Waals surface area contributed by atoms with E-state index >= 15 is 0 Å². The summed E-state index contributed by atoms with van der Waals surface area (Å²) < 4.78 is 0. The second-order valence-electron chi connectivity index (χ2n) is 4.64. The molecule has 1 saturated carbocycles. The van der Waals surface area contributed by atoms with Crippen LogP contribution in [0.2, 0.25) is 0 Å². The van der Waals surface area contributed by atoms with Crippen molar-refractivity contribution in [2.75, 3.05) is 11.7 Å². The molecule has 2 rings (SSSR count). The van der Waals surface area contributed by atoms with Gasteiger partial charge in [-0.15, -0.1) is 11.8 Å². The zero-order chi connectivity index (χ0) is 14.4. The summed E-state index contributed by atoms with van der Waals surface area (Å²) in [5, 5.41) is 13.9. The lowest BCUT2D eigenvalue weighted by atomic mass is 10.1. The van der Waals surface area contributed by atoms with Gasteiger partial charge in [-0.2, -0.15) is 5.26 Å². The molecule has 0 unspecified atom stereocenters. The van der Waals surface area contributed by atoms with Gasteiger partial charge in [0.25, 0.3) is 0 Å². The first-order chi connectivity index (χ1) is 9.74. The minimum absolute atomic E-state index is 0.325. The fraction of sp³-hybridized carbons (Fsp3) is 0.429. The predicted molar refractivity (Wildman–Crippen MR) is 86.2 cm³/mol. The van der Waals surface area contributed by atoms with Crippen LogP contribution in [-0.4, -0.2) is 17.4 Å². The number of rotatable bonds is 7. The minimum atomic E-state index is 0.325. The number of halogens is 1. The molecule has 0 saturated heterocycles. The van der Waals surface area contributed by atoms with Crippen molar-refractivity contribution in [1.82, 2.24) is 0 Å². The monoisotopic (exact) mass is 326 g/mol. The van der Waals surface area contributed by atoms with Gasteiger partial charge in [0.2, 0.25) is 0 Å². The molecule has 0 aliphatic heterocycles. The first-order valence-electron chi connectivity index (χ1n) is 6.32. The molecule has 0 heterocycles. The van der Waals surface area contributed by atoms with Crippen molar-refractivity contribution in [2.45, 2.75) is 24.7 Å². The number of benzene rings is 1. The number of thioether (sulfide) groups is 1. The Morgan fingerprint density at radius 1 is 1.55 bits per heavy atom. The molecule has 1 aliphatic carbocycles. The number of nitrogens with zero attached hydrogens (tertiary/aromatic N) is 2. The summed E-state index contributed by atoms with van der Waals surface area (Å²) in [6.45, 7) is 2.65. The van der Waals surface area contributed by atoms with Crippen molar-refractivity contribution in [3.63, 3.8) is 0 Å². The second-order valence-corrected chi connectivity index (χ2v) is 7.19. The number of aryl methyl sites for hydroxylation is 1. The van der Waals surface area contributed by atoms with Crippen molar-refractivity contribution in [1.29, 1.82) is 5.26 Å². The van der Waals surface area contributed by atoms with Crippen LogP contribution in [0.15, 0.2) is 28.3 Å². The van der Waals surface area contributed by atoms with Crippen molar-refractivity contribution >= 4 is 39.1 Å². The molecule has 3 nitrogen and oxygen atoms in total. The molecule has 1 aromatic carbocycles. The largest absolute Gasteiger partial charge is 0.394 e. The third-order valence-electron chi connectivity index (χ3n) is 2.99. The summed E-state index contributed by atoms with van der Waals surface area (Å²) in [6, 6.07) is 7.96. The molecule has 0 N–H and O–H groups in total. The summed E-state index contributed by atoms with van der Waals surface area (Å²) in [5.74, 6) is 0.628. The maximum Gasteiger partial charge on any atom is 0.186 e. The van der Waals surface area contributed by atoms with E-state index in [4.69, 9.17) is 15.5 Å². The highest BCUT2D eigenvalue weighted by atomic mass is 35.7. The van der Waals surface area contributed by atoms with E-state index < -0.39 is 0 Å². The Bertz CT molecular complexity index is 538. The van der Waals surface area contributed by atoms with Crippen LogP contribution in [0.4, 0.5) is 0 Å². The lowest BCUT2D eigenvalue weighted by molar-refractivity contribution is 0.134. The summed E-state index contributed by atoms with van der Waals surface area (Å²) >= 11 is 1.65. The molecule has 1 aliphatic rings. The third-order valence-corrected chi connectivity index (χ3v) is 5.37. The Morgan fingerprint density at radius 3 is 3.00 bits per heavy atom. The van der Waals surface area contributed by atoms with E-state index in [1.807, 2.05) is 25.1 Å². The van der Waals surface area contributed by atoms with Crippen LogP contribution in [0.25, 0.3) is 0 Å². The van der Waals surface area contributed by atoms with Gasteiger partial charge in [0.1, 0.15) is 12.7 Å². The fourth-order valence-corrected chi connectivity index (χ4v) is 3.21. The summed E-state index contributed by atoms with van der Waals surface area (Å²) in [6.07, 6.45) is 2.41. The van der Waals surface area contributed by atoms with Crippen molar-refractivity contribution in [3.8, 4) is 6.07 Å². The summed E-state index contributed by atoms with van der Waals surface area (Å²) in [7, 11) is 6.90. The average molecular weight is 327 g/mol. The highest BCUT2D eigenvalue weighted by molar-refractivity contribution is 8.29. The molecular formula is C14H15ClN2OS2. The van der Waals surface area contributed by atoms with Crippen LogP contribution in [0, 0.1) is 24.2 Å². The van der Waals surface area contributed by atoms with Crippen LogP contribution >= 0.6 is 33.4 Å². The van der Waals surface area contributed by atoms with Gasteiger partial charge < -0.3 is 4.84 Å².